The van der Waals surface area contributed by atoms with E-state index in [0.29, 0.717) is 12.4 Å². The van der Waals surface area contributed by atoms with Crippen molar-refractivity contribution in [1.82, 2.24) is 19.7 Å². The lowest BCUT2D eigenvalue weighted by atomic mass is 9.73. The molecule has 1 atom stereocenters. The van der Waals surface area contributed by atoms with E-state index in [0.717, 1.165) is 56.9 Å². The number of hydrogen-bond acceptors (Lipinski definition) is 8. The van der Waals surface area contributed by atoms with E-state index < -0.39 is 0 Å². The van der Waals surface area contributed by atoms with E-state index in [9.17, 15) is 4.79 Å². The summed E-state index contributed by atoms with van der Waals surface area (Å²) in [6.07, 6.45) is 7.08. The molecule has 35 heavy (non-hydrogen) atoms. The van der Waals surface area contributed by atoms with Crippen LogP contribution in [-0.4, -0.2) is 52.4 Å². The molecule has 2 aliphatic heterocycles. The van der Waals surface area contributed by atoms with E-state index in [2.05, 4.69) is 32.1 Å². The summed E-state index contributed by atoms with van der Waals surface area (Å²) in [5.41, 5.74) is 15.8. The Balaban J connectivity index is 1.17. The van der Waals surface area contributed by atoms with Gasteiger partial charge in [-0.15, -0.1) is 0 Å². The normalized spacial score (nSPS) is 20.6. The number of fused-ring (bicyclic) bond motifs is 2. The Hall–Kier alpha value is -3.66. The summed E-state index contributed by atoms with van der Waals surface area (Å²) in [4.78, 5) is 26.1. The van der Waals surface area contributed by atoms with Crippen LogP contribution in [0.15, 0.2) is 36.7 Å². The van der Waals surface area contributed by atoms with Crippen LogP contribution in [-0.2, 0) is 13.0 Å². The summed E-state index contributed by atoms with van der Waals surface area (Å²) in [7, 11) is 1.68. The zero-order valence-corrected chi connectivity index (χ0v) is 19.9. The summed E-state index contributed by atoms with van der Waals surface area (Å²) in [6.45, 7) is 3.03. The Kier molecular flexibility index (Phi) is 5.14. The van der Waals surface area contributed by atoms with E-state index >= 15 is 0 Å². The highest BCUT2D eigenvalue weighted by Gasteiger charge is 2.46. The smallest absolute Gasteiger partial charge is 0.281 e. The molecule has 4 heterocycles. The van der Waals surface area contributed by atoms with Crippen LogP contribution in [0.4, 0.5) is 17.5 Å². The zero-order chi connectivity index (χ0) is 24.2. The molecule has 3 aliphatic rings. The number of nitrogens with two attached hydrogens (primary N) is 2. The van der Waals surface area contributed by atoms with Crippen LogP contribution >= 0.6 is 0 Å². The molecule has 1 amide bonds. The average molecular weight is 475 g/mol. The van der Waals surface area contributed by atoms with Gasteiger partial charge in [-0.1, -0.05) is 6.07 Å². The van der Waals surface area contributed by atoms with Crippen LogP contribution in [0.1, 0.15) is 46.9 Å². The lowest BCUT2D eigenvalue weighted by Gasteiger charge is -2.42. The van der Waals surface area contributed by atoms with E-state index in [1.54, 1.807) is 24.4 Å². The highest BCUT2D eigenvalue weighted by molar-refractivity contribution is 6.07. The number of nitrogens with zero attached hydrogens (tertiary/aromatic N) is 6. The summed E-state index contributed by atoms with van der Waals surface area (Å²) < 4.78 is 7.23. The predicted octanol–water partition coefficient (Wildman–Crippen LogP) is 2.16. The maximum Gasteiger partial charge on any atom is 0.281 e. The maximum atomic E-state index is 13.2. The molecule has 10 nitrogen and oxygen atoms in total. The molecule has 10 heteroatoms. The molecule has 0 saturated carbocycles. The minimum Gasteiger partial charge on any atom is -0.497 e. The third-order valence-electron chi connectivity index (χ3n) is 7.93. The molecular formula is C25H30N8O2. The second-order valence-electron chi connectivity index (χ2n) is 9.75. The van der Waals surface area contributed by atoms with Crippen LogP contribution in [0.25, 0.3) is 0 Å². The van der Waals surface area contributed by atoms with Crippen molar-refractivity contribution in [2.75, 3.05) is 42.3 Å². The number of ether oxygens (including phenoxy) is 1. The highest BCUT2D eigenvalue weighted by Crippen LogP contribution is 2.51. The molecule has 1 aromatic carbocycles. The monoisotopic (exact) mass is 474 g/mol. The van der Waals surface area contributed by atoms with E-state index in [-0.39, 0.29) is 28.9 Å². The number of nitrogen functional groups attached to an aromatic ring is 1. The number of amides is 1. The number of methoxy groups -OCH3 is 1. The van der Waals surface area contributed by atoms with E-state index in [4.69, 9.17) is 16.2 Å². The second kappa shape index (κ2) is 8.23. The van der Waals surface area contributed by atoms with Gasteiger partial charge >= 0.3 is 0 Å². The first-order chi connectivity index (χ1) is 17.0. The average Bonchev–Trinajstić information content (AvgIpc) is 3.47. The van der Waals surface area contributed by atoms with Crippen LogP contribution in [0.3, 0.4) is 0 Å². The molecule has 6 rings (SSSR count). The van der Waals surface area contributed by atoms with Crippen LogP contribution in [0, 0.1) is 5.41 Å². The number of carbonyl (C=O) groups is 1. The van der Waals surface area contributed by atoms with Gasteiger partial charge in [0.25, 0.3) is 5.91 Å². The molecule has 1 saturated heterocycles. The molecule has 0 bridgehead atoms. The fourth-order valence-electron chi connectivity index (χ4n) is 5.90. The largest absolute Gasteiger partial charge is 0.497 e. The number of piperidine rings is 1. The summed E-state index contributed by atoms with van der Waals surface area (Å²) in [5.74, 6) is 2.22. The summed E-state index contributed by atoms with van der Waals surface area (Å²) in [5, 5.41) is 4.27. The predicted molar refractivity (Wildman–Crippen MR) is 132 cm³/mol. The number of carbonyl (C=O) groups excluding carboxylic acids is 1. The SMILES string of the molecule is COc1ccc2c(c1)[C@@H](N)C1(CCN(c3cnc(C(=O)N4CCCn5nccc54)c(N)n3)CC1)C2. The molecule has 4 N–H and O–H groups in total. The van der Waals surface area contributed by atoms with Gasteiger partial charge in [0.2, 0.25) is 0 Å². The van der Waals surface area contributed by atoms with Crippen LogP contribution < -0.4 is 26.0 Å². The van der Waals surface area contributed by atoms with Crippen molar-refractivity contribution in [1.29, 1.82) is 0 Å². The first kappa shape index (κ1) is 21.8. The Bertz CT molecular complexity index is 1280. The molecule has 0 radical (unpaired) electrons. The fraction of sp³-hybridized carbons (Fsp3) is 0.440. The van der Waals surface area contributed by atoms with Gasteiger partial charge in [0, 0.05) is 38.3 Å². The Morgan fingerprint density at radius 2 is 2.00 bits per heavy atom. The van der Waals surface area contributed by atoms with Crippen LogP contribution in [0.2, 0.25) is 0 Å². The highest BCUT2D eigenvalue weighted by atomic mass is 16.5. The third kappa shape index (κ3) is 3.51. The van der Waals surface area contributed by atoms with Gasteiger partial charge in [-0.3, -0.25) is 9.69 Å². The number of hydrogen-bond donors (Lipinski definition) is 2. The Morgan fingerprint density at radius 3 is 2.77 bits per heavy atom. The van der Waals surface area contributed by atoms with Gasteiger partial charge in [-0.05, 0) is 54.4 Å². The van der Waals surface area contributed by atoms with Gasteiger partial charge < -0.3 is 21.1 Å². The van der Waals surface area contributed by atoms with Crippen molar-refractivity contribution >= 4 is 23.4 Å². The first-order valence-corrected chi connectivity index (χ1v) is 12.1. The number of anilines is 3. The standard InChI is InChI=1S/C25H30N8O2/c1-35-17-4-3-16-14-25(22(26)18(16)13-17)6-11-31(12-7-25)19-15-28-21(23(27)30-19)24(34)32-9-2-10-33-20(32)5-8-29-33/h3-5,8,13,15,22H,2,6-7,9-12,14,26H2,1H3,(H2,27,30)/t22-/m1/s1. The summed E-state index contributed by atoms with van der Waals surface area (Å²) in [6, 6.07) is 8.06. The molecule has 1 fully saturated rings. The van der Waals surface area contributed by atoms with Gasteiger partial charge in [-0.2, -0.15) is 5.10 Å². The van der Waals surface area contributed by atoms with Crippen LogP contribution in [0.5, 0.6) is 5.75 Å². The number of aromatic nitrogens is 4. The lowest BCUT2D eigenvalue weighted by molar-refractivity contribution is 0.0977. The Labute approximate surface area is 203 Å². The molecule has 0 unspecified atom stereocenters. The molecule has 1 aliphatic carbocycles. The van der Waals surface area contributed by atoms with E-state index in [1.165, 1.54) is 11.1 Å². The zero-order valence-electron chi connectivity index (χ0n) is 19.9. The van der Waals surface area contributed by atoms with Gasteiger partial charge in [-0.25, -0.2) is 14.6 Å². The molecular weight excluding hydrogens is 444 g/mol. The molecule has 3 aromatic rings. The van der Waals surface area contributed by atoms with Crippen molar-refractivity contribution in [3.05, 3.63) is 53.5 Å². The Morgan fingerprint density at radius 1 is 1.17 bits per heavy atom. The minimum absolute atomic E-state index is 0.0103. The maximum absolute atomic E-state index is 13.2. The topological polar surface area (TPSA) is 128 Å². The van der Waals surface area contributed by atoms with Gasteiger partial charge in [0.05, 0.1) is 19.5 Å². The fourth-order valence-corrected chi connectivity index (χ4v) is 5.90. The quantitative estimate of drug-likeness (QED) is 0.591. The lowest BCUT2D eigenvalue weighted by Crippen LogP contribution is -2.44. The molecule has 1 spiro atoms. The first-order valence-electron chi connectivity index (χ1n) is 12.1. The van der Waals surface area contributed by atoms with Crippen molar-refractivity contribution in [2.45, 2.75) is 38.3 Å². The van der Waals surface area contributed by atoms with Crippen molar-refractivity contribution in [2.24, 2.45) is 11.1 Å². The van der Waals surface area contributed by atoms with E-state index in [1.807, 2.05) is 16.8 Å². The molecule has 182 valence electrons. The van der Waals surface area contributed by atoms with Crippen molar-refractivity contribution < 1.29 is 9.53 Å². The molecule has 2 aromatic heterocycles. The van der Waals surface area contributed by atoms with Crippen molar-refractivity contribution in [3.8, 4) is 5.75 Å². The van der Waals surface area contributed by atoms with Gasteiger partial charge in [0.1, 0.15) is 17.4 Å². The third-order valence-corrected chi connectivity index (χ3v) is 7.93. The minimum atomic E-state index is -0.245. The number of rotatable bonds is 3. The number of aryl methyl sites for hydroxylation is 1. The summed E-state index contributed by atoms with van der Waals surface area (Å²) >= 11 is 0. The number of benzene rings is 1. The van der Waals surface area contributed by atoms with Crippen molar-refractivity contribution in [3.63, 3.8) is 0 Å². The van der Waals surface area contributed by atoms with Gasteiger partial charge in [0.15, 0.2) is 11.5 Å². The second-order valence-corrected chi connectivity index (χ2v) is 9.75.